The van der Waals surface area contributed by atoms with Crippen LogP contribution in [0.15, 0.2) is 56.5 Å². The molecule has 0 bridgehead atoms. The maximum Gasteiger partial charge on any atom is 0.238 e. The number of halogens is 1. The standard InChI is InChI=1S/C13H9ClN2O2S/c14-9-3-5-10(6-4-9)19-8-12-15-13(16-18-12)11-2-1-7-17-11/h1-7H,8H2. The van der Waals surface area contributed by atoms with Gasteiger partial charge in [-0.25, -0.2) is 0 Å². The second-order valence-electron chi connectivity index (χ2n) is 3.73. The van der Waals surface area contributed by atoms with Crippen LogP contribution in [0.4, 0.5) is 0 Å². The van der Waals surface area contributed by atoms with E-state index in [9.17, 15) is 0 Å². The molecule has 0 N–H and O–H groups in total. The number of thioether (sulfide) groups is 1. The van der Waals surface area contributed by atoms with E-state index in [4.69, 9.17) is 20.5 Å². The van der Waals surface area contributed by atoms with Gasteiger partial charge in [0.2, 0.25) is 11.7 Å². The van der Waals surface area contributed by atoms with Crippen molar-refractivity contribution < 1.29 is 8.94 Å². The van der Waals surface area contributed by atoms with Gasteiger partial charge in [-0.1, -0.05) is 16.8 Å². The van der Waals surface area contributed by atoms with Crippen molar-refractivity contribution in [2.45, 2.75) is 10.6 Å². The van der Waals surface area contributed by atoms with Crippen molar-refractivity contribution in [1.82, 2.24) is 10.1 Å². The molecule has 3 aromatic rings. The van der Waals surface area contributed by atoms with E-state index in [0.29, 0.717) is 23.2 Å². The van der Waals surface area contributed by atoms with Crippen LogP contribution in [0.25, 0.3) is 11.6 Å². The summed E-state index contributed by atoms with van der Waals surface area (Å²) in [6.07, 6.45) is 1.58. The smallest absolute Gasteiger partial charge is 0.238 e. The first kappa shape index (κ1) is 12.3. The van der Waals surface area contributed by atoms with Crippen molar-refractivity contribution in [1.29, 1.82) is 0 Å². The largest absolute Gasteiger partial charge is 0.461 e. The lowest BCUT2D eigenvalue weighted by molar-refractivity contribution is 0.390. The van der Waals surface area contributed by atoms with Crippen LogP contribution in [0.2, 0.25) is 5.02 Å². The summed E-state index contributed by atoms with van der Waals surface area (Å²) in [4.78, 5) is 5.37. The van der Waals surface area contributed by atoms with Gasteiger partial charge in [-0.05, 0) is 36.4 Å². The van der Waals surface area contributed by atoms with Crippen LogP contribution >= 0.6 is 23.4 Å². The molecule has 0 saturated heterocycles. The molecule has 2 aromatic heterocycles. The molecule has 19 heavy (non-hydrogen) atoms. The Bertz CT molecular complexity index is 650. The summed E-state index contributed by atoms with van der Waals surface area (Å²) in [5.41, 5.74) is 0. The molecule has 0 amide bonds. The van der Waals surface area contributed by atoms with Crippen LogP contribution in [0.5, 0.6) is 0 Å². The lowest BCUT2D eigenvalue weighted by Gasteiger charge is -1.97. The van der Waals surface area contributed by atoms with Gasteiger partial charge in [0.25, 0.3) is 0 Å². The average molecular weight is 293 g/mol. The Kier molecular flexibility index (Phi) is 3.57. The van der Waals surface area contributed by atoms with Crippen molar-refractivity contribution in [3.8, 4) is 11.6 Å². The molecule has 6 heteroatoms. The normalized spacial score (nSPS) is 10.8. The fourth-order valence-corrected chi connectivity index (χ4v) is 2.36. The molecule has 96 valence electrons. The second-order valence-corrected chi connectivity index (χ2v) is 5.22. The Morgan fingerprint density at radius 1 is 1.16 bits per heavy atom. The van der Waals surface area contributed by atoms with Gasteiger partial charge in [0, 0.05) is 9.92 Å². The molecule has 0 saturated carbocycles. The monoisotopic (exact) mass is 292 g/mol. The van der Waals surface area contributed by atoms with E-state index < -0.39 is 0 Å². The molecule has 4 nitrogen and oxygen atoms in total. The molecule has 0 radical (unpaired) electrons. The van der Waals surface area contributed by atoms with Crippen LogP contribution in [0, 0.1) is 0 Å². The number of furan rings is 1. The minimum absolute atomic E-state index is 0.469. The van der Waals surface area contributed by atoms with Crippen LogP contribution in [0.3, 0.4) is 0 Å². The number of aromatic nitrogens is 2. The summed E-state index contributed by atoms with van der Waals surface area (Å²) in [6.45, 7) is 0. The van der Waals surface area contributed by atoms with Crippen molar-refractivity contribution in [2.24, 2.45) is 0 Å². The van der Waals surface area contributed by atoms with Gasteiger partial charge >= 0.3 is 0 Å². The number of hydrogen-bond acceptors (Lipinski definition) is 5. The van der Waals surface area contributed by atoms with Gasteiger partial charge in [-0.15, -0.1) is 11.8 Å². The molecule has 0 atom stereocenters. The third-order valence-electron chi connectivity index (χ3n) is 2.39. The zero-order valence-corrected chi connectivity index (χ0v) is 11.3. The van der Waals surface area contributed by atoms with E-state index in [2.05, 4.69) is 10.1 Å². The highest BCUT2D eigenvalue weighted by Crippen LogP contribution is 2.24. The van der Waals surface area contributed by atoms with Crippen LogP contribution in [-0.2, 0) is 5.75 Å². The molecule has 0 aliphatic rings. The highest BCUT2D eigenvalue weighted by molar-refractivity contribution is 7.98. The van der Waals surface area contributed by atoms with Gasteiger partial charge < -0.3 is 8.94 Å². The predicted molar refractivity (Wildman–Crippen MR) is 73.0 cm³/mol. The fraction of sp³-hybridized carbons (Fsp3) is 0.0769. The van der Waals surface area contributed by atoms with E-state index in [1.165, 1.54) is 0 Å². The Hall–Kier alpha value is -1.72. The average Bonchev–Trinajstić information content (AvgIpc) is 3.09. The zero-order valence-electron chi connectivity index (χ0n) is 9.75. The summed E-state index contributed by atoms with van der Waals surface area (Å²) in [5, 5.41) is 4.60. The molecule has 0 unspecified atom stereocenters. The lowest BCUT2D eigenvalue weighted by atomic mass is 10.4. The van der Waals surface area contributed by atoms with Crippen LogP contribution < -0.4 is 0 Å². The molecule has 0 aliphatic heterocycles. The first-order chi connectivity index (χ1) is 9.31. The van der Waals surface area contributed by atoms with Crippen molar-refractivity contribution in [2.75, 3.05) is 0 Å². The third-order valence-corrected chi connectivity index (χ3v) is 3.63. The van der Waals surface area contributed by atoms with Crippen LogP contribution in [0.1, 0.15) is 5.89 Å². The lowest BCUT2D eigenvalue weighted by Crippen LogP contribution is -1.81. The highest BCUT2D eigenvalue weighted by atomic mass is 35.5. The molecular formula is C13H9ClN2O2S. The number of nitrogens with zero attached hydrogens (tertiary/aromatic N) is 2. The van der Waals surface area contributed by atoms with E-state index in [0.717, 1.165) is 9.92 Å². The summed E-state index contributed by atoms with van der Waals surface area (Å²) < 4.78 is 10.4. The quantitative estimate of drug-likeness (QED) is 0.672. The molecule has 1 aromatic carbocycles. The van der Waals surface area contributed by atoms with Gasteiger partial charge in [-0.3, -0.25) is 0 Å². The number of benzene rings is 1. The number of hydrogen-bond donors (Lipinski definition) is 0. The van der Waals surface area contributed by atoms with Crippen molar-refractivity contribution in [3.63, 3.8) is 0 Å². The van der Waals surface area contributed by atoms with E-state index >= 15 is 0 Å². The summed E-state index contributed by atoms with van der Waals surface area (Å²) in [7, 11) is 0. The van der Waals surface area contributed by atoms with Gasteiger partial charge in [0.05, 0.1) is 12.0 Å². The van der Waals surface area contributed by atoms with Crippen molar-refractivity contribution in [3.05, 3.63) is 53.6 Å². The van der Waals surface area contributed by atoms with Gasteiger partial charge in [0.15, 0.2) is 5.76 Å². The minimum atomic E-state index is 0.469. The van der Waals surface area contributed by atoms with Crippen LogP contribution in [-0.4, -0.2) is 10.1 Å². The molecule has 0 spiro atoms. The summed E-state index contributed by atoms with van der Waals surface area (Å²) in [6, 6.07) is 11.2. The third kappa shape index (κ3) is 3.00. The Morgan fingerprint density at radius 2 is 2.00 bits per heavy atom. The Balaban J connectivity index is 1.66. The maximum absolute atomic E-state index is 5.83. The molecule has 0 fully saturated rings. The summed E-state index contributed by atoms with van der Waals surface area (Å²) >= 11 is 7.44. The molecule has 0 aliphatic carbocycles. The Labute approximate surface area is 118 Å². The molecule has 3 rings (SSSR count). The van der Waals surface area contributed by atoms with E-state index in [1.807, 2.05) is 24.3 Å². The minimum Gasteiger partial charge on any atom is -0.461 e. The van der Waals surface area contributed by atoms with E-state index in [-0.39, 0.29) is 0 Å². The van der Waals surface area contributed by atoms with Gasteiger partial charge in [-0.2, -0.15) is 4.98 Å². The van der Waals surface area contributed by atoms with E-state index in [1.54, 1.807) is 30.2 Å². The highest BCUT2D eigenvalue weighted by Gasteiger charge is 2.10. The van der Waals surface area contributed by atoms with Crippen molar-refractivity contribution >= 4 is 23.4 Å². The van der Waals surface area contributed by atoms with Gasteiger partial charge in [0.1, 0.15) is 0 Å². The second kappa shape index (κ2) is 5.50. The fourth-order valence-electron chi connectivity index (χ4n) is 1.50. The molecular weight excluding hydrogens is 284 g/mol. The maximum atomic E-state index is 5.83. The molecule has 2 heterocycles. The summed E-state index contributed by atoms with van der Waals surface area (Å²) in [5.74, 6) is 2.24. The SMILES string of the molecule is Clc1ccc(SCc2nc(-c3ccco3)no2)cc1. The first-order valence-corrected chi connectivity index (χ1v) is 6.92. The Morgan fingerprint density at radius 3 is 2.74 bits per heavy atom. The number of rotatable bonds is 4. The topological polar surface area (TPSA) is 52.1 Å². The predicted octanol–water partition coefficient (Wildman–Crippen LogP) is 4.28. The zero-order chi connectivity index (χ0) is 13.1. The first-order valence-electron chi connectivity index (χ1n) is 5.56.